The van der Waals surface area contributed by atoms with Crippen LogP contribution in [0.3, 0.4) is 0 Å². The fourth-order valence-electron chi connectivity index (χ4n) is 2.47. The predicted molar refractivity (Wildman–Crippen MR) is 89.0 cm³/mol. The van der Waals surface area contributed by atoms with Gasteiger partial charge >= 0.3 is 0 Å². The lowest BCUT2D eigenvalue weighted by Gasteiger charge is -2.08. The molecule has 0 atom stereocenters. The summed E-state index contributed by atoms with van der Waals surface area (Å²) in [6.45, 7) is 4.23. The average Bonchev–Trinajstić information content (AvgIpc) is 2.90. The standard InChI is InChI=1S/C18H16N4O/c1-12-7-16-17(8-13(12)2)22(11-20-16)10-18(23)21-15-6-4-3-5-14(15)9-19/h3-8,11H,10H2,1-2H3,(H,21,23). The van der Waals surface area contributed by atoms with Crippen LogP contribution in [0.2, 0.25) is 0 Å². The average molecular weight is 304 g/mol. The molecule has 5 heteroatoms. The molecule has 5 nitrogen and oxygen atoms in total. The van der Waals surface area contributed by atoms with Gasteiger partial charge in [-0.3, -0.25) is 4.79 Å². The molecule has 3 rings (SSSR count). The normalized spacial score (nSPS) is 10.5. The van der Waals surface area contributed by atoms with Crippen LogP contribution < -0.4 is 5.32 Å². The van der Waals surface area contributed by atoms with Gasteiger partial charge < -0.3 is 9.88 Å². The van der Waals surface area contributed by atoms with E-state index in [1.807, 2.05) is 30.5 Å². The van der Waals surface area contributed by atoms with Gasteiger partial charge in [0.25, 0.3) is 0 Å². The molecule has 1 amide bonds. The molecule has 0 aliphatic heterocycles. The number of aryl methyl sites for hydroxylation is 2. The second kappa shape index (κ2) is 5.93. The van der Waals surface area contributed by atoms with Crippen LogP contribution in [-0.4, -0.2) is 15.5 Å². The third kappa shape index (κ3) is 2.92. The Morgan fingerprint density at radius 2 is 2.00 bits per heavy atom. The summed E-state index contributed by atoms with van der Waals surface area (Å²) < 4.78 is 1.81. The first kappa shape index (κ1) is 14.8. The number of carbonyl (C=O) groups excluding carboxylic acids is 1. The molecular formula is C18H16N4O. The fourth-order valence-corrected chi connectivity index (χ4v) is 2.47. The van der Waals surface area contributed by atoms with Crippen molar-refractivity contribution in [2.24, 2.45) is 0 Å². The van der Waals surface area contributed by atoms with E-state index < -0.39 is 0 Å². The highest BCUT2D eigenvalue weighted by Crippen LogP contribution is 2.19. The summed E-state index contributed by atoms with van der Waals surface area (Å²) in [5, 5.41) is 11.8. The van der Waals surface area contributed by atoms with Crippen molar-refractivity contribution < 1.29 is 4.79 Å². The van der Waals surface area contributed by atoms with Crippen LogP contribution in [0.1, 0.15) is 16.7 Å². The van der Waals surface area contributed by atoms with E-state index in [9.17, 15) is 4.79 Å². The lowest BCUT2D eigenvalue weighted by Crippen LogP contribution is -2.18. The van der Waals surface area contributed by atoms with Gasteiger partial charge in [-0.2, -0.15) is 5.26 Å². The summed E-state index contributed by atoms with van der Waals surface area (Å²) in [4.78, 5) is 16.6. The zero-order chi connectivity index (χ0) is 16.4. The van der Waals surface area contributed by atoms with Crippen molar-refractivity contribution in [3.05, 3.63) is 59.4 Å². The van der Waals surface area contributed by atoms with E-state index in [2.05, 4.69) is 16.4 Å². The number of carbonyl (C=O) groups is 1. The summed E-state index contributed by atoms with van der Waals surface area (Å²) in [6.07, 6.45) is 1.67. The van der Waals surface area contributed by atoms with Gasteiger partial charge in [0.2, 0.25) is 5.91 Å². The number of amides is 1. The summed E-state index contributed by atoms with van der Waals surface area (Å²) in [5.41, 5.74) is 5.11. The second-order valence-electron chi connectivity index (χ2n) is 5.50. The van der Waals surface area contributed by atoms with Crippen LogP contribution >= 0.6 is 0 Å². The fraction of sp³-hybridized carbons (Fsp3) is 0.167. The van der Waals surface area contributed by atoms with E-state index in [0.29, 0.717) is 11.3 Å². The third-order valence-corrected chi connectivity index (χ3v) is 3.87. The topological polar surface area (TPSA) is 70.7 Å². The maximum absolute atomic E-state index is 12.3. The van der Waals surface area contributed by atoms with Gasteiger partial charge in [0.05, 0.1) is 28.6 Å². The Labute approximate surface area is 134 Å². The molecule has 0 aliphatic rings. The van der Waals surface area contributed by atoms with Crippen LogP contribution in [0.15, 0.2) is 42.7 Å². The van der Waals surface area contributed by atoms with Gasteiger partial charge in [-0.05, 0) is 49.2 Å². The van der Waals surface area contributed by atoms with Crippen LogP contribution in [0.25, 0.3) is 11.0 Å². The van der Waals surface area contributed by atoms with Crippen LogP contribution in [0, 0.1) is 25.2 Å². The predicted octanol–water partition coefficient (Wildman–Crippen LogP) is 3.16. The Morgan fingerprint density at radius 3 is 2.78 bits per heavy atom. The summed E-state index contributed by atoms with van der Waals surface area (Å²) in [5.74, 6) is -0.190. The molecule has 114 valence electrons. The van der Waals surface area contributed by atoms with E-state index >= 15 is 0 Å². The van der Waals surface area contributed by atoms with Crippen molar-refractivity contribution in [2.75, 3.05) is 5.32 Å². The zero-order valence-electron chi connectivity index (χ0n) is 13.0. The smallest absolute Gasteiger partial charge is 0.244 e. The number of nitrogens with zero attached hydrogens (tertiary/aromatic N) is 3. The number of fused-ring (bicyclic) bond motifs is 1. The molecule has 0 spiro atoms. The van der Waals surface area contributed by atoms with Crippen molar-refractivity contribution in [1.29, 1.82) is 5.26 Å². The quantitative estimate of drug-likeness (QED) is 0.808. The summed E-state index contributed by atoms with van der Waals surface area (Å²) >= 11 is 0. The molecule has 1 heterocycles. The Balaban J connectivity index is 1.84. The van der Waals surface area contributed by atoms with Crippen molar-refractivity contribution in [2.45, 2.75) is 20.4 Å². The first-order valence-electron chi connectivity index (χ1n) is 7.29. The lowest BCUT2D eigenvalue weighted by atomic mass is 10.1. The van der Waals surface area contributed by atoms with Gasteiger partial charge in [0.1, 0.15) is 12.6 Å². The number of imidazole rings is 1. The van der Waals surface area contributed by atoms with Crippen LogP contribution in [0.5, 0.6) is 0 Å². The van der Waals surface area contributed by atoms with Crippen molar-refractivity contribution in [3.8, 4) is 6.07 Å². The van der Waals surface area contributed by atoms with E-state index in [0.717, 1.165) is 16.6 Å². The number of benzene rings is 2. The molecule has 0 bridgehead atoms. The van der Waals surface area contributed by atoms with Gasteiger partial charge in [0, 0.05) is 0 Å². The summed E-state index contributed by atoms with van der Waals surface area (Å²) in [6, 6.07) is 13.1. The van der Waals surface area contributed by atoms with Gasteiger partial charge in [-0.25, -0.2) is 4.98 Å². The number of hydrogen-bond acceptors (Lipinski definition) is 3. The van der Waals surface area contributed by atoms with Crippen molar-refractivity contribution in [1.82, 2.24) is 9.55 Å². The minimum absolute atomic E-state index is 0.152. The first-order valence-corrected chi connectivity index (χ1v) is 7.29. The molecule has 2 aromatic carbocycles. The number of hydrogen-bond donors (Lipinski definition) is 1. The van der Waals surface area contributed by atoms with Crippen molar-refractivity contribution >= 4 is 22.6 Å². The maximum Gasteiger partial charge on any atom is 0.244 e. The molecule has 1 N–H and O–H groups in total. The maximum atomic E-state index is 12.3. The largest absolute Gasteiger partial charge is 0.323 e. The molecule has 0 aliphatic carbocycles. The number of nitrogens with one attached hydrogen (secondary N) is 1. The highest BCUT2D eigenvalue weighted by Gasteiger charge is 2.10. The molecule has 1 aromatic heterocycles. The molecule has 3 aromatic rings. The molecule has 0 radical (unpaired) electrons. The van der Waals surface area contributed by atoms with Gasteiger partial charge in [-0.1, -0.05) is 12.1 Å². The first-order chi connectivity index (χ1) is 11.1. The minimum atomic E-state index is -0.190. The van der Waals surface area contributed by atoms with E-state index in [1.165, 1.54) is 5.56 Å². The Bertz CT molecular complexity index is 934. The zero-order valence-corrected chi connectivity index (χ0v) is 13.0. The van der Waals surface area contributed by atoms with Gasteiger partial charge in [-0.15, -0.1) is 0 Å². The van der Waals surface area contributed by atoms with Gasteiger partial charge in [0.15, 0.2) is 0 Å². The number of nitriles is 1. The third-order valence-electron chi connectivity index (χ3n) is 3.87. The Hall–Kier alpha value is -3.13. The number of aromatic nitrogens is 2. The molecular weight excluding hydrogens is 288 g/mol. The minimum Gasteiger partial charge on any atom is -0.323 e. The second-order valence-corrected chi connectivity index (χ2v) is 5.50. The molecule has 23 heavy (non-hydrogen) atoms. The lowest BCUT2D eigenvalue weighted by molar-refractivity contribution is -0.116. The summed E-state index contributed by atoms with van der Waals surface area (Å²) in [7, 11) is 0. The number of anilines is 1. The van der Waals surface area contributed by atoms with E-state index in [-0.39, 0.29) is 12.5 Å². The highest BCUT2D eigenvalue weighted by atomic mass is 16.1. The Morgan fingerprint density at radius 1 is 1.26 bits per heavy atom. The van der Waals surface area contributed by atoms with Crippen LogP contribution in [0.4, 0.5) is 5.69 Å². The number of para-hydroxylation sites is 1. The number of rotatable bonds is 3. The molecule has 0 fully saturated rings. The highest BCUT2D eigenvalue weighted by molar-refractivity contribution is 5.93. The van der Waals surface area contributed by atoms with E-state index in [1.54, 1.807) is 30.6 Å². The molecule has 0 saturated carbocycles. The van der Waals surface area contributed by atoms with Crippen molar-refractivity contribution in [3.63, 3.8) is 0 Å². The monoisotopic (exact) mass is 304 g/mol. The van der Waals surface area contributed by atoms with E-state index in [4.69, 9.17) is 5.26 Å². The SMILES string of the molecule is Cc1cc2ncn(CC(=O)Nc3ccccc3C#N)c2cc1C. The molecule has 0 unspecified atom stereocenters. The molecule has 0 saturated heterocycles. The van der Waals surface area contributed by atoms with Crippen LogP contribution in [-0.2, 0) is 11.3 Å². The Kier molecular flexibility index (Phi) is 3.82.